The Kier molecular flexibility index (Phi) is 5.42. The van der Waals surface area contributed by atoms with Crippen molar-refractivity contribution in [1.82, 2.24) is 24.5 Å². The molecule has 1 amide bonds. The Bertz CT molecular complexity index is 1490. The number of hydrogen-bond acceptors (Lipinski definition) is 6. The highest BCUT2D eigenvalue weighted by Gasteiger charge is 2.25. The Morgan fingerprint density at radius 1 is 0.914 bits per heavy atom. The van der Waals surface area contributed by atoms with Gasteiger partial charge in [0, 0.05) is 66.9 Å². The zero-order valence-electron chi connectivity index (χ0n) is 18.7. The van der Waals surface area contributed by atoms with Crippen LogP contribution < -0.4 is 4.90 Å². The second kappa shape index (κ2) is 8.88. The fourth-order valence-corrected chi connectivity index (χ4v) is 4.54. The molecule has 1 aliphatic heterocycles. The fraction of sp³-hybridized carbons (Fsp3) is 0.154. The standard InChI is InChI=1S/C26H21ClN6O2/c27-21-3-1-2-19(14-21)23-15-24-29-22(18-4-7-28-8-5-18)16-25(33(24)30-23)31-9-11-32(12-10-31)26(34)20-6-13-35-17-20/h1-8,13-17H,9-12H2. The number of carbonyl (C=O) groups excluding carboxylic acids is 1. The molecule has 0 aliphatic carbocycles. The quantitative estimate of drug-likeness (QED) is 0.369. The zero-order valence-corrected chi connectivity index (χ0v) is 19.5. The molecule has 9 heteroatoms. The van der Waals surface area contributed by atoms with Crippen LogP contribution in [0, 0.1) is 0 Å². The summed E-state index contributed by atoms with van der Waals surface area (Å²) in [7, 11) is 0. The minimum atomic E-state index is -0.0157. The molecule has 0 radical (unpaired) electrons. The summed E-state index contributed by atoms with van der Waals surface area (Å²) in [6.45, 7) is 2.54. The van der Waals surface area contributed by atoms with Gasteiger partial charge in [-0.3, -0.25) is 9.78 Å². The van der Waals surface area contributed by atoms with Crippen LogP contribution in [0.2, 0.25) is 5.02 Å². The van der Waals surface area contributed by atoms with Crippen LogP contribution >= 0.6 is 11.6 Å². The van der Waals surface area contributed by atoms with Gasteiger partial charge >= 0.3 is 0 Å². The molecular formula is C26H21ClN6O2. The van der Waals surface area contributed by atoms with Gasteiger partial charge in [-0.15, -0.1) is 0 Å². The SMILES string of the molecule is O=C(c1ccoc1)N1CCN(c2cc(-c3ccncc3)nc3cc(-c4cccc(Cl)c4)nn23)CC1. The minimum absolute atomic E-state index is 0.0157. The summed E-state index contributed by atoms with van der Waals surface area (Å²) in [4.78, 5) is 25.9. The van der Waals surface area contributed by atoms with E-state index in [2.05, 4.69) is 9.88 Å². The van der Waals surface area contributed by atoms with E-state index in [0.717, 1.165) is 34.0 Å². The molecule has 6 rings (SSSR count). The molecule has 0 saturated carbocycles. The molecular weight excluding hydrogens is 464 g/mol. The molecule has 0 bridgehead atoms. The number of anilines is 1. The van der Waals surface area contributed by atoms with E-state index in [9.17, 15) is 4.79 Å². The number of carbonyl (C=O) groups is 1. The Labute approximate surface area is 206 Å². The Balaban J connectivity index is 1.37. The van der Waals surface area contributed by atoms with Gasteiger partial charge < -0.3 is 14.2 Å². The van der Waals surface area contributed by atoms with Gasteiger partial charge in [0.2, 0.25) is 0 Å². The summed E-state index contributed by atoms with van der Waals surface area (Å²) in [5.74, 6) is 0.906. The van der Waals surface area contributed by atoms with Gasteiger partial charge in [0.1, 0.15) is 12.1 Å². The summed E-state index contributed by atoms with van der Waals surface area (Å²) < 4.78 is 6.95. The Morgan fingerprint density at radius 2 is 1.74 bits per heavy atom. The third-order valence-corrected chi connectivity index (χ3v) is 6.40. The highest BCUT2D eigenvalue weighted by molar-refractivity contribution is 6.30. The Hall–Kier alpha value is -4.17. The van der Waals surface area contributed by atoms with E-state index >= 15 is 0 Å². The lowest BCUT2D eigenvalue weighted by Crippen LogP contribution is -2.49. The summed E-state index contributed by atoms with van der Waals surface area (Å²) in [6.07, 6.45) is 6.53. The number of furan rings is 1. The first-order chi connectivity index (χ1) is 17.2. The first-order valence-electron chi connectivity index (χ1n) is 11.3. The second-order valence-electron chi connectivity index (χ2n) is 8.34. The lowest BCUT2D eigenvalue weighted by Gasteiger charge is -2.36. The van der Waals surface area contributed by atoms with Crippen molar-refractivity contribution in [2.45, 2.75) is 0 Å². The first kappa shape index (κ1) is 21.4. The van der Waals surface area contributed by atoms with Crippen LogP contribution in [0.3, 0.4) is 0 Å². The molecule has 0 unspecified atom stereocenters. The fourth-order valence-electron chi connectivity index (χ4n) is 4.35. The van der Waals surface area contributed by atoms with E-state index in [1.54, 1.807) is 18.5 Å². The molecule has 1 saturated heterocycles. The predicted octanol–water partition coefficient (Wildman–Crippen LogP) is 4.67. The zero-order chi connectivity index (χ0) is 23.8. The number of aromatic nitrogens is 4. The maximum Gasteiger partial charge on any atom is 0.257 e. The summed E-state index contributed by atoms with van der Waals surface area (Å²) in [6, 6.07) is 17.2. The number of pyridine rings is 1. The van der Waals surface area contributed by atoms with Crippen LogP contribution in [0.25, 0.3) is 28.2 Å². The van der Waals surface area contributed by atoms with Gasteiger partial charge in [-0.2, -0.15) is 9.61 Å². The largest absolute Gasteiger partial charge is 0.472 e. The summed E-state index contributed by atoms with van der Waals surface area (Å²) in [5, 5.41) is 5.53. The highest BCUT2D eigenvalue weighted by Crippen LogP contribution is 2.29. The smallest absolute Gasteiger partial charge is 0.257 e. The van der Waals surface area contributed by atoms with E-state index in [-0.39, 0.29) is 5.91 Å². The van der Waals surface area contributed by atoms with Crippen molar-refractivity contribution in [2.75, 3.05) is 31.1 Å². The molecule has 174 valence electrons. The molecule has 5 heterocycles. The number of rotatable bonds is 4. The van der Waals surface area contributed by atoms with E-state index in [4.69, 9.17) is 26.1 Å². The van der Waals surface area contributed by atoms with E-state index in [1.165, 1.54) is 12.5 Å². The van der Waals surface area contributed by atoms with Gasteiger partial charge in [-0.05, 0) is 30.3 Å². The van der Waals surface area contributed by atoms with Gasteiger partial charge in [0.05, 0.1) is 23.2 Å². The number of amides is 1. The number of fused-ring (bicyclic) bond motifs is 1. The molecule has 1 fully saturated rings. The number of benzene rings is 1. The third kappa shape index (κ3) is 4.13. The van der Waals surface area contributed by atoms with Gasteiger partial charge in [0.15, 0.2) is 5.65 Å². The van der Waals surface area contributed by atoms with E-state index in [0.29, 0.717) is 36.8 Å². The van der Waals surface area contributed by atoms with Crippen molar-refractivity contribution in [3.63, 3.8) is 0 Å². The third-order valence-electron chi connectivity index (χ3n) is 6.16. The molecule has 1 aliphatic rings. The minimum Gasteiger partial charge on any atom is -0.472 e. The average molecular weight is 485 g/mol. The van der Waals surface area contributed by atoms with Crippen LogP contribution in [0.15, 0.2) is 83.9 Å². The Morgan fingerprint density at radius 3 is 2.49 bits per heavy atom. The molecule has 8 nitrogen and oxygen atoms in total. The first-order valence-corrected chi connectivity index (χ1v) is 11.7. The second-order valence-corrected chi connectivity index (χ2v) is 8.77. The number of nitrogens with zero attached hydrogens (tertiary/aromatic N) is 6. The van der Waals surface area contributed by atoms with Crippen LogP contribution in [-0.4, -0.2) is 56.6 Å². The van der Waals surface area contributed by atoms with Crippen molar-refractivity contribution in [3.8, 4) is 22.5 Å². The molecule has 35 heavy (non-hydrogen) atoms. The average Bonchev–Trinajstić information content (AvgIpc) is 3.59. The monoisotopic (exact) mass is 484 g/mol. The summed E-state index contributed by atoms with van der Waals surface area (Å²) >= 11 is 6.23. The molecule has 0 spiro atoms. The topological polar surface area (TPSA) is 79.8 Å². The molecule has 5 aromatic rings. The normalized spacial score (nSPS) is 14.0. The van der Waals surface area contributed by atoms with Crippen molar-refractivity contribution in [3.05, 3.63) is 90.1 Å². The number of piperazine rings is 1. The van der Waals surface area contributed by atoms with Crippen LogP contribution in [0.1, 0.15) is 10.4 Å². The highest BCUT2D eigenvalue weighted by atomic mass is 35.5. The van der Waals surface area contributed by atoms with Gasteiger partial charge in [-0.1, -0.05) is 23.7 Å². The lowest BCUT2D eigenvalue weighted by molar-refractivity contribution is 0.0745. The van der Waals surface area contributed by atoms with Crippen molar-refractivity contribution < 1.29 is 9.21 Å². The van der Waals surface area contributed by atoms with E-state index in [1.807, 2.05) is 57.9 Å². The lowest BCUT2D eigenvalue weighted by atomic mass is 10.1. The molecule has 0 atom stereocenters. The molecule has 4 aromatic heterocycles. The van der Waals surface area contributed by atoms with Crippen LogP contribution in [0.4, 0.5) is 5.82 Å². The van der Waals surface area contributed by atoms with Crippen molar-refractivity contribution >= 4 is 29.0 Å². The molecule has 0 N–H and O–H groups in total. The van der Waals surface area contributed by atoms with Crippen molar-refractivity contribution in [1.29, 1.82) is 0 Å². The van der Waals surface area contributed by atoms with Crippen LogP contribution in [-0.2, 0) is 0 Å². The van der Waals surface area contributed by atoms with Gasteiger partial charge in [-0.25, -0.2) is 4.98 Å². The number of hydrogen-bond donors (Lipinski definition) is 0. The van der Waals surface area contributed by atoms with Crippen molar-refractivity contribution in [2.24, 2.45) is 0 Å². The maximum absolute atomic E-state index is 12.7. The van der Waals surface area contributed by atoms with Crippen LogP contribution in [0.5, 0.6) is 0 Å². The van der Waals surface area contributed by atoms with E-state index < -0.39 is 0 Å². The maximum atomic E-state index is 12.7. The summed E-state index contributed by atoms with van der Waals surface area (Å²) in [5.41, 5.74) is 4.84. The van der Waals surface area contributed by atoms with Gasteiger partial charge in [0.25, 0.3) is 5.91 Å². The predicted molar refractivity (Wildman–Crippen MR) is 133 cm³/mol. The molecule has 1 aromatic carbocycles. The number of halogens is 1.